The van der Waals surface area contributed by atoms with Gasteiger partial charge in [0.25, 0.3) is 5.91 Å². The minimum absolute atomic E-state index is 0.0764. The van der Waals surface area contributed by atoms with Crippen molar-refractivity contribution in [1.82, 2.24) is 25.3 Å². The molecule has 1 saturated carbocycles. The number of aryl methyl sites for hydroxylation is 1. The quantitative estimate of drug-likeness (QED) is 0.525. The summed E-state index contributed by atoms with van der Waals surface area (Å²) in [5, 5.41) is 15.6. The molecule has 4 aromatic rings. The molecule has 29 heavy (non-hydrogen) atoms. The van der Waals surface area contributed by atoms with Crippen LogP contribution >= 0.6 is 0 Å². The number of H-pyrrole nitrogens is 1. The lowest BCUT2D eigenvalue weighted by Gasteiger charge is -2.10. The topological polar surface area (TPSA) is 75.6 Å². The second-order valence-corrected chi connectivity index (χ2v) is 7.80. The summed E-state index contributed by atoms with van der Waals surface area (Å²) in [6.07, 6.45) is 6.07. The van der Waals surface area contributed by atoms with Crippen molar-refractivity contribution in [2.45, 2.75) is 32.9 Å². The third kappa shape index (κ3) is 3.53. The number of nitrogens with one attached hydrogen (secondary N) is 2. The Hall–Kier alpha value is -3.41. The standard InChI is InChI=1S/C23H23N5O/c1-15-4-2-3-5-18(15)11-24-23(29)22-20-9-8-17(19-12-25-26-13-19)10-21(20)27-28(22)14-16-6-7-16/h2-5,8-10,12-13,16H,6-7,11,14H2,1H3,(H,24,29)(H,25,26). The SMILES string of the molecule is Cc1ccccc1CNC(=O)c1c2ccc(-c3cn[nH]c3)cc2nn1CC1CC1. The predicted molar refractivity (Wildman–Crippen MR) is 112 cm³/mol. The molecule has 6 nitrogen and oxygen atoms in total. The predicted octanol–water partition coefficient (Wildman–Crippen LogP) is 4.07. The number of rotatable bonds is 6. The number of hydrogen-bond acceptors (Lipinski definition) is 3. The molecular weight excluding hydrogens is 362 g/mol. The summed E-state index contributed by atoms with van der Waals surface area (Å²) in [6, 6.07) is 14.2. The van der Waals surface area contributed by atoms with Crippen LogP contribution in [0.4, 0.5) is 0 Å². The van der Waals surface area contributed by atoms with Crippen molar-refractivity contribution in [3.63, 3.8) is 0 Å². The Labute approximate surface area is 168 Å². The van der Waals surface area contributed by atoms with E-state index < -0.39 is 0 Å². The van der Waals surface area contributed by atoms with Gasteiger partial charge in [0.05, 0.1) is 11.7 Å². The van der Waals surface area contributed by atoms with Crippen molar-refractivity contribution in [3.05, 3.63) is 71.7 Å². The van der Waals surface area contributed by atoms with E-state index in [1.807, 2.05) is 47.3 Å². The van der Waals surface area contributed by atoms with Crippen molar-refractivity contribution in [3.8, 4) is 11.1 Å². The van der Waals surface area contributed by atoms with Gasteiger partial charge in [-0.05, 0) is 54.5 Å². The van der Waals surface area contributed by atoms with E-state index in [1.54, 1.807) is 6.20 Å². The molecule has 2 N–H and O–H groups in total. The third-order valence-electron chi connectivity index (χ3n) is 5.61. The van der Waals surface area contributed by atoms with E-state index in [0.717, 1.165) is 34.1 Å². The van der Waals surface area contributed by atoms with Crippen molar-refractivity contribution in [2.24, 2.45) is 5.92 Å². The van der Waals surface area contributed by atoms with Crippen LogP contribution in [0.5, 0.6) is 0 Å². The number of hydrogen-bond donors (Lipinski definition) is 2. The normalized spacial score (nSPS) is 13.7. The minimum atomic E-state index is -0.0764. The van der Waals surface area contributed by atoms with E-state index in [4.69, 9.17) is 5.10 Å². The Balaban J connectivity index is 1.48. The molecule has 0 spiro atoms. The molecule has 1 aliphatic carbocycles. The fraction of sp³-hybridized carbons (Fsp3) is 0.261. The lowest BCUT2D eigenvalue weighted by molar-refractivity contribution is 0.0941. The molecule has 2 aromatic carbocycles. The van der Waals surface area contributed by atoms with Gasteiger partial charge in [0.2, 0.25) is 0 Å². The Morgan fingerprint density at radius 1 is 1.21 bits per heavy atom. The highest BCUT2D eigenvalue weighted by Crippen LogP contribution is 2.32. The Morgan fingerprint density at radius 3 is 2.83 bits per heavy atom. The second kappa shape index (κ2) is 7.20. The first-order valence-electron chi connectivity index (χ1n) is 10.0. The van der Waals surface area contributed by atoms with Crippen LogP contribution in [0.1, 0.15) is 34.5 Å². The number of fused-ring (bicyclic) bond motifs is 1. The fourth-order valence-corrected chi connectivity index (χ4v) is 3.71. The summed E-state index contributed by atoms with van der Waals surface area (Å²) >= 11 is 0. The minimum Gasteiger partial charge on any atom is -0.347 e. The molecular formula is C23H23N5O. The zero-order chi connectivity index (χ0) is 19.8. The van der Waals surface area contributed by atoms with Gasteiger partial charge in [0.15, 0.2) is 0 Å². The van der Waals surface area contributed by atoms with E-state index in [2.05, 4.69) is 28.5 Å². The highest BCUT2D eigenvalue weighted by atomic mass is 16.2. The molecule has 5 rings (SSSR count). The summed E-state index contributed by atoms with van der Waals surface area (Å²) < 4.78 is 1.90. The summed E-state index contributed by atoms with van der Waals surface area (Å²) in [4.78, 5) is 13.2. The van der Waals surface area contributed by atoms with Gasteiger partial charge in [-0.2, -0.15) is 10.2 Å². The van der Waals surface area contributed by atoms with Gasteiger partial charge in [-0.1, -0.05) is 30.3 Å². The lowest BCUT2D eigenvalue weighted by Crippen LogP contribution is -2.26. The lowest BCUT2D eigenvalue weighted by atomic mass is 10.1. The number of carbonyl (C=O) groups is 1. The van der Waals surface area contributed by atoms with E-state index in [0.29, 0.717) is 18.2 Å². The van der Waals surface area contributed by atoms with Gasteiger partial charge in [-0.15, -0.1) is 0 Å². The van der Waals surface area contributed by atoms with Gasteiger partial charge in [0.1, 0.15) is 5.69 Å². The number of aromatic amines is 1. The second-order valence-electron chi connectivity index (χ2n) is 7.80. The van der Waals surface area contributed by atoms with Crippen LogP contribution in [0, 0.1) is 12.8 Å². The van der Waals surface area contributed by atoms with Crippen LogP contribution < -0.4 is 5.32 Å². The van der Waals surface area contributed by atoms with Crippen LogP contribution in [0.15, 0.2) is 54.9 Å². The zero-order valence-corrected chi connectivity index (χ0v) is 16.4. The molecule has 2 heterocycles. The van der Waals surface area contributed by atoms with Crippen molar-refractivity contribution in [1.29, 1.82) is 0 Å². The molecule has 0 bridgehead atoms. The number of aromatic nitrogens is 4. The van der Waals surface area contributed by atoms with E-state index >= 15 is 0 Å². The first-order valence-corrected chi connectivity index (χ1v) is 10.0. The van der Waals surface area contributed by atoms with Crippen LogP contribution in [-0.2, 0) is 13.1 Å². The van der Waals surface area contributed by atoms with Gasteiger partial charge < -0.3 is 5.32 Å². The zero-order valence-electron chi connectivity index (χ0n) is 16.4. The number of nitrogens with zero attached hydrogens (tertiary/aromatic N) is 3. The van der Waals surface area contributed by atoms with Gasteiger partial charge in [-0.3, -0.25) is 14.6 Å². The van der Waals surface area contributed by atoms with Gasteiger partial charge in [0, 0.05) is 30.2 Å². The van der Waals surface area contributed by atoms with E-state index in [9.17, 15) is 4.79 Å². The van der Waals surface area contributed by atoms with E-state index in [1.165, 1.54) is 18.4 Å². The van der Waals surface area contributed by atoms with Gasteiger partial charge >= 0.3 is 0 Å². The Morgan fingerprint density at radius 2 is 2.07 bits per heavy atom. The van der Waals surface area contributed by atoms with Crippen molar-refractivity contribution in [2.75, 3.05) is 0 Å². The molecule has 6 heteroatoms. The summed E-state index contributed by atoms with van der Waals surface area (Å²) in [6.45, 7) is 3.36. The first kappa shape index (κ1) is 17.7. The molecule has 0 saturated heterocycles. The average Bonchev–Trinajstić information content (AvgIpc) is 3.24. The largest absolute Gasteiger partial charge is 0.347 e. The summed E-state index contributed by atoms with van der Waals surface area (Å²) in [5.41, 5.74) is 5.84. The smallest absolute Gasteiger partial charge is 0.270 e. The maximum Gasteiger partial charge on any atom is 0.270 e. The molecule has 2 aromatic heterocycles. The summed E-state index contributed by atoms with van der Waals surface area (Å²) in [5.74, 6) is 0.549. The molecule has 1 amide bonds. The van der Waals surface area contributed by atoms with Crippen LogP contribution in [0.3, 0.4) is 0 Å². The van der Waals surface area contributed by atoms with Crippen LogP contribution in [0.25, 0.3) is 22.0 Å². The third-order valence-corrected chi connectivity index (χ3v) is 5.61. The summed E-state index contributed by atoms with van der Waals surface area (Å²) in [7, 11) is 0. The molecule has 146 valence electrons. The highest BCUT2D eigenvalue weighted by molar-refractivity contribution is 6.05. The molecule has 0 aliphatic heterocycles. The Bertz CT molecular complexity index is 1170. The first-order chi connectivity index (χ1) is 14.2. The van der Waals surface area contributed by atoms with Crippen molar-refractivity contribution < 1.29 is 4.79 Å². The molecule has 1 aliphatic rings. The Kier molecular flexibility index (Phi) is 4.39. The van der Waals surface area contributed by atoms with E-state index in [-0.39, 0.29) is 5.91 Å². The monoisotopic (exact) mass is 385 g/mol. The van der Waals surface area contributed by atoms with Crippen molar-refractivity contribution >= 4 is 16.8 Å². The number of amides is 1. The number of benzene rings is 2. The maximum atomic E-state index is 13.2. The van der Waals surface area contributed by atoms with Gasteiger partial charge in [-0.25, -0.2) is 0 Å². The molecule has 1 fully saturated rings. The molecule has 0 unspecified atom stereocenters. The van der Waals surface area contributed by atoms with Crippen LogP contribution in [-0.4, -0.2) is 25.9 Å². The molecule has 0 radical (unpaired) electrons. The maximum absolute atomic E-state index is 13.2. The fourth-order valence-electron chi connectivity index (χ4n) is 3.71. The average molecular weight is 385 g/mol. The highest BCUT2D eigenvalue weighted by Gasteiger charge is 2.26. The van der Waals surface area contributed by atoms with Crippen LogP contribution in [0.2, 0.25) is 0 Å². The number of carbonyl (C=O) groups excluding carboxylic acids is 1. The molecule has 0 atom stereocenters.